The lowest BCUT2D eigenvalue weighted by atomic mass is 10.0. The molecule has 27 heavy (non-hydrogen) atoms. The molecule has 2 heterocycles. The number of hydrogen-bond acceptors (Lipinski definition) is 4. The largest absolute Gasteiger partial charge is 0.383 e. The second-order valence-corrected chi connectivity index (χ2v) is 6.84. The summed E-state index contributed by atoms with van der Waals surface area (Å²) in [5.41, 5.74) is 10.6. The lowest BCUT2D eigenvalue weighted by Crippen LogP contribution is -2.02. The zero-order chi connectivity index (χ0) is 18.8. The van der Waals surface area contributed by atoms with E-state index in [9.17, 15) is 4.39 Å². The second-order valence-electron chi connectivity index (χ2n) is 5.96. The number of aromatic nitrogens is 3. The van der Waals surface area contributed by atoms with Gasteiger partial charge in [0.25, 0.3) is 0 Å². The molecule has 4 nitrogen and oxygen atoms in total. The van der Waals surface area contributed by atoms with Crippen LogP contribution in [0.4, 0.5) is 10.2 Å². The zero-order valence-electron chi connectivity index (χ0n) is 14.6. The first-order chi connectivity index (χ1) is 13.2. The number of hydrogen-bond donors (Lipinski definition) is 1. The molecular weight excluding hydrogens is 359 g/mol. The number of anilines is 1. The van der Waals surface area contributed by atoms with Crippen molar-refractivity contribution in [1.29, 1.82) is 0 Å². The summed E-state index contributed by atoms with van der Waals surface area (Å²) in [5.74, 6) is 0.238. The molecule has 2 N–H and O–H groups in total. The van der Waals surface area contributed by atoms with E-state index in [4.69, 9.17) is 10.8 Å². The fourth-order valence-corrected chi connectivity index (χ4v) is 3.37. The van der Waals surface area contributed by atoms with Gasteiger partial charge in [-0.25, -0.2) is 9.07 Å². The molecule has 0 atom stereocenters. The van der Waals surface area contributed by atoms with Crippen molar-refractivity contribution in [2.24, 2.45) is 0 Å². The van der Waals surface area contributed by atoms with Gasteiger partial charge in [0, 0.05) is 22.9 Å². The van der Waals surface area contributed by atoms with E-state index in [1.165, 1.54) is 12.1 Å². The van der Waals surface area contributed by atoms with E-state index in [1.807, 2.05) is 42.7 Å². The number of nitrogen functional groups attached to an aromatic ring is 1. The van der Waals surface area contributed by atoms with Gasteiger partial charge in [0.2, 0.25) is 0 Å². The average molecular weight is 376 g/mol. The number of pyridine rings is 1. The fraction of sp³-hybridized carbons (Fsp3) is 0.0476. The summed E-state index contributed by atoms with van der Waals surface area (Å²) in [7, 11) is 0. The first kappa shape index (κ1) is 17.3. The van der Waals surface area contributed by atoms with Crippen LogP contribution in [0.3, 0.4) is 0 Å². The Bertz CT molecular complexity index is 1060. The van der Waals surface area contributed by atoms with Gasteiger partial charge in [-0.2, -0.15) is 5.10 Å². The molecule has 0 saturated carbocycles. The van der Waals surface area contributed by atoms with Gasteiger partial charge in [-0.3, -0.25) is 4.98 Å². The van der Waals surface area contributed by atoms with E-state index in [1.54, 1.807) is 41.0 Å². The molecule has 0 fully saturated rings. The molecule has 2 aromatic carbocycles. The monoisotopic (exact) mass is 376 g/mol. The van der Waals surface area contributed by atoms with Crippen LogP contribution in [0.25, 0.3) is 28.1 Å². The van der Waals surface area contributed by atoms with Gasteiger partial charge in [-0.05, 0) is 72.5 Å². The van der Waals surface area contributed by atoms with Gasteiger partial charge in [-0.15, -0.1) is 11.8 Å². The first-order valence-corrected chi connectivity index (χ1v) is 9.59. The molecule has 0 aliphatic carbocycles. The molecule has 0 unspecified atom stereocenters. The van der Waals surface area contributed by atoms with Crippen molar-refractivity contribution in [2.45, 2.75) is 4.90 Å². The molecule has 0 radical (unpaired) electrons. The summed E-state index contributed by atoms with van der Waals surface area (Å²) in [6, 6.07) is 18.1. The topological polar surface area (TPSA) is 56.7 Å². The highest BCUT2D eigenvalue weighted by Gasteiger charge is 2.19. The van der Waals surface area contributed by atoms with Crippen molar-refractivity contribution < 1.29 is 4.39 Å². The van der Waals surface area contributed by atoms with Crippen LogP contribution >= 0.6 is 11.8 Å². The third-order valence-electron chi connectivity index (χ3n) is 4.32. The Kier molecular flexibility index (Phi) is 4.64. The number of nitrogens with two attached hydrogens (primary N) is 1. The van der Waals surface area contributed by atoms with Gasteiger partial charge in [0.1, 0.15) is 17.3 Å². The summed E-state index contributed by atoms with van der Waals surface area (Å²) in [5, 5.41) is 4.75. The van der Waals surface area contributed by atoms with Crippen molar-refractivity contribution in [3.8, 4) is 28.1 Å². The van der Waals surface area contributed by atoms with Crippen molar-refractivity contribution in [3.05, 3.63) is 78.9 Å². The summed E-state index contributed by atoms with van der Waals surface area (Å²) in [6.45, 7) is 0. The lowest BCUT2D eigenvalue weighted by Gasteiger charge is -2.06. The average Bonchev–Trinajstić information content (AvgIpc) is 3.06. The smallest absolute Gasteiger partial charge is 0.135 e. The lowest BCUT2D eigenvalue weighted by molar-refractivity contribution is 0.628. The van der Waals surface area contributed by atoms with Crippen LogP contribution in [-0.2, 0) is 0 Å². The van der Waals surface area contributed by atoms with E-state index in [-0.39, 0.29) is 5.82 Å². The quantitative estimate of drug-likeness (QED) is 0.507. The number of benzene rings is 2. The summed E-state index contributed by atoms with van der Waals surface area (Å²) in [6.07, 6.45) is 5.47. The van der Waals surface area contributed by atoms with Gasteiger partial charge >= 0.3 is 0 Å². The van der Waals surface area contributed by atoms with E-state index >= 15 is 0 Å². The highest BCUT2D eigenvalue weighted by Crippen LogP contribution is 2.37. The molecule has 2 aromatic heterocycles. The van der Waals surface area contributed by atoms with Crippen LogP contribution in [0.1, 0.15) is 0 Å². The van der Waals surface area contributed by atoms with Crippen molar-refractivity contribution in [1.82, 2.24) is 14.8 Å². The third-order valence-corrected chi connectivity index (χ3v) is 5.07. The standard InChI is InChI=1S/C21H17FN4S/c1-27-18-8-6-17(7-9-18)26-21(23)19(14-10-12-24-13-11-14)20(25-26)15-2-4-16(22)5-3-15/h2-13H,23H2,1H3. The molecule has 6 heteroatoms. The van der Waals surface area contributed by atoms with Crippen molar-refractivity contribution in [2.75, 3.05) is 12.0 Å². The third kappa shape index (κ3) is 3.31. The molecule has 0 spiro atoms. The van der Waals surface area contributed by atoms with Crippen molar-refractivity contribution in [3.63, 3.8) is 0 Å². The second kappa shape index (κ2) is 7.25. The Morgan fingerprint density at radius 1 is 0.889 bits per heavy atom. The van der Waals surface area contributed by atoms with Crippen LogP contribution in [0.2, 0.25) is 0 Å². The van der Waals surface area contributed by atoms with E-state index in [2.05, 4.69) is 4.98 Å². The summed E-state index contributed by atoms with van der Waals surface area (Å²) in [4.78, 5) is 5.24. The minimum atomic E-state index is -0.288. The van der Waals surface area contributed by atoms with E-state index in [0.717, 1.165) is 27.3 Å². The number of halogens is 1. The molecule has 134 valence electrons. The predicted molar refractivity (Wildman–Crippen MR) is 108 cm³/mol. The Hall–Kier alpha value is -3.12. The number of thioether (sulfide) groups is 1. The predicted octanol–water partition coefficient (Wildman–Crippen LogP) is 5.04. The SMILES string of the molecule is CSc1ccc(-n2nc(-c3ccc(F)cc3)c(-c3ccncc3)c2N)cc1. The Labute approximate surface area is 160 Å². The van der Waals surface area contributed by atoms with Crippen LogP contribution in [0.5, 0.6) is 0 Å². The van der Waals surface area contributed by atoms with E-state index in [0.29, 0.717) is 11.5 Å². The molecule has 4 aromatic rings. The van der Waals surface area contributed by atoms with Crippen molar-refractivity contribution >= 4 is 17.6 Å². The minimum Gasteiger partial charge on any atom is -0.383 e. The Morgan fingerprint density at radius 3 is 2.19 bits per heavy atom. The van der Waals surface area contributed by atoms with Crippen LogP contribution < -0.4 is 5.73 Å². The maximum Gasteiger partial charge on any atom is 0.135 e. The zero-order valence-corrected chi connectivity index (χ0v) is 15.4. The molecule has 0 amide bonds. The number of nitrogens with zero attached hydrogens (tertiary/aromatic N) is 3. The maximum atomic E-state index is 13.4. The molecular formula is C21H17FN4S. The van der Waals surface area contributed by atoms with Crippen LogP contribution in [-0.4, -0.2) is 21.0 Å². The molecule has 0 saturated heterocycles. The molecule has 4 rings (SSSR count). The summed E-state index contributed by atoms with van der Waals surface area (Å²) < 4.78 is 15.1. The summed E-state index contributed by atoms with van der Waals surface area (Å²) >= 11 is 1.68. The molecule has 0 aliphatic rings. The maximum absolute atomic E-state index is 13.4. The highest BCUT2D eigenvalue weighted by molar-refractivity contribution is 7.98. The van der Waals surface area contributed by atoms with Crippen LogP contribution in [0.15, 0.2) is 78.0 Å². The van der Waals surface area contributed by atoms with Gasteiger partial charge < -0.3 is 5.73 Å². The Balaban J connectivity index is 1.92. The number of rotatable bonds is 4. The van der Waals surface area contributed by atoms with Gasteiger partial charge in [0.05, 0.1) is 11.3 Å². The van der Waals surface area contributed by atoms with E-state index < -0.39 is 0 Å². The molecule has 0 aliphatic heterocycles. The highest BCUT2D eigenvalue weighted by atomic mass is 32.2. The Morgan fingerprint density at radius 2 is 1.56 bits per heavy atom. The van der Waals surface area contributed by atoms with Crippen LogP contribution in [0, 0.1) is 5.82 Å². The minimum absolute atomic E-state index is 0.288. The molecule has 0 bridgehead atoms. The van der Waals surface area contributed by atoms with Gasteiger partial charge in [-0.1, -0.05) is 0 Å². The first-order valence-electron chi connectivity index (χ1n) is 8.36. The fourth-order valence-electron chi connectivity index (χ4n) is 2.96. The normalized spacial score (nSPS) is 10.9. The van der Waals surface area contributed by atoms with Gasteiger partial charge in [0.15, 0.2) is 0 Å².